The molecular weight excluding hydrogens is 1960 g/mol. The van der Waals surface area contributed by atoms with Crippen LogP contribution in [-0.4, -0.2) is 135 Å². The van der Waals surface area contributed by atoms with Crippen LogP contribution in [0.5, 0.6) is 0 Å². The molecule has 22 aromatic heterocycles. The van der Waals surface area contributed by atoms with Gasteiger partial charge in [0, 0.05) is 198 Å². The molecule has 0 aliphatic carbocycles. The number of nitrogens with one attached hydrogen (secondary N) is 6. The molecule has 22 heterocycles. The highest BCUT2D eigenvalue weighted by Crippen LogP contribution is 2.25. The van der Waals surface area contributed by atoms with E-state index in [-0.39, 0.29) is 126 Å². The summed E-state index contributed by atoms with van der Waals surface area (Å²) in [6, 6.07) is 72.6. The first-order valence-corrected chi connectivity index (χ1v) is 44.1. The molecule has 0 aliphatic heterocycles. The molecule has 0 unspecified atom stereocenters. The molecule has 0 fully saturated rings. The Morgan fingerprint density at radius 1 is 0.236 bits per heavy atom. The SMILES string of the molecule is C.C.C.C.C.C.C.C.C.C.C.C.C.C.C.C.C.c1c[nH]cn1.c1c[nH]cn1.c1cc2sccc2s1.c1cc[nH]c1.c1ccc2[nH]ccc2c1.c1ccc2[nH]cnc2c1.c1ccc2nccnc2c1.c1ccc2sccc2c1.c1ccncc1.c1ccnnc1.c1ccoc1.c1ccsc1.c1cn[nH]c1.c1cnccn1.c1cncnc1.c1cncnc1.c1cncnc1.c1cnoc1.c1cnsc1.c1cocn1.c1cscn1. The van der Waals surface area contributed by atoms with Gasteiger partial charge in [0.25, 0.3) is 0 Å². The first kappa shape index (κ1) is 156. The van der Waals surface area contributed by atoms with Crippen molar-refractivity contribution < 1.29 is 13.4 Å². The number of thiazole rings is 1. The number of pyridine rings is 1. The summed E-state index contributed by atoms with van der Waals surface area (Å²) < 4.78 is 21.3. The van der Waals surface area contributed by atoms with Gasteiger partial charge in [-0.15, -0.1) is 45.3 Å². The van der Waals surface area contributed by atoms with E-state index in [1.165, 1.54) is 79.8 Å². The Labute approximate surface area is 905 Å². The summed E-state index contributed by atoms with van der Waals surface area (Å²) in [5.74, 6) is 0. The molecule has 4 aromatic carbocycles. The summed E-state index contributed by atoms with van der Waals surface area (Å²) in [7, 11) is 0. The fraction of sp³-hybridized carbons (Fsp3) is 0.152. The second-order valence-corrected chi connectivity index (χ2v) is 27.7. The summed E-state index contributed by atoms with van der Waals surface area (Å²) in [4.78, 5) is 74.7. The number of benzene rings is 4. The van der Waals surface area contributed by atoms with Gasteiger partial charge >= 0.3 is 0 Å². The van der Waals surface area contributed by atoms with Gasteiger partial charge in [-0.1, -0.05) is 210 Å². The highest BCUT2D eigenvalue weighted by molar-refractivity contribution is 7.25. The van der Waals surface area contributed by atoms with Crippen LogP contribution in [0.25, 0.3) is 52.5 Å². The van der Waals surface area contributed by atoms with Crippen LogP contribution in [0.1, 0.15) is 126 Å². The largest absolute Gasteiger partial charge is 0.473 e. The van der Waals surface area contributed by atoms with E-state index in [2.05, 4.69) is 225 Å². The number of H-pyrrole nitrogens is 6. The number of thiophene rings is 4. The van der Waals surface area contributed by atoms with Crippen LogP contribution >= 0.6 is 68.2 Å². The number of para-hydroxylation sites is 5. The molecule has 0 amide bonds. The summed E-state index contributed by atoms with van der Waals surface area (Å²) in [5, 5.41) is 33.6. The number of hydrogen-bond acceptors (Lipinski definition) is 30. The maximum atomic E-state index is 4.58. The zero-order chi connectivity index (χ0) is 91.3. The summed E-state index contributed by atoms with van der Waals surface area (Å²) >= 11 is 10.2. The third kappa shape index (κ3) is 89.1. The summed E-state index contributed by atoms with van der Waals surface area (Å²) in [6.45, 7) is 0. The second kappa shape index (κ2) is 120. The van der Waals surface area contributed by atoms with Crippen LogP contribution in [-0.2, 0) is 0 Å². The average molecular weight is 2120 g/mol. The molecule has 796 valence electrons. The molecule has 0 atom stereocenters. The zero-order valence-electron chi connectivity index (χ0n) is 70.1. The highest BCUT2D eigenvalue weighted by atomic mass is 32.1. The molecule has 0 aliphatic rings. The molecular formula is C112H159N27O3S6. The van der Waals surface area contributed by atoms with Crippen LogP contribution in [0, 0.1) is 0 Å². The van der Waals surface area contributed by atoms with E-state index < -0.39 is 0 Å². The van der Waals surface area contributed by atoms with Crippen molar-refractivity contribution in [2.45, 2.75) is 126 Å². The standard InChI is InChI=1S/C8H6N2.C8H7N.C8H6S.C7H6N2.C6H4S2.C5H5N.5C4H4N2.C4H5N.C4H4O.C4H4S.3C3H4N2.2C3H3NO.2C3H3NS.17CH4/c1-2-4-8-7(3-1)9-5-6-10-8;2*1-2-4-8-7(3-1)5-6-9-8;1-2-4-7-6(3-1)8-5-9-7;1-3-7-6-2-4-8-5(1)6;1-2-4-6-5-3-1;1-2-6-4-3-5-1;3*1-2-5-4-6-3-1;1-2-4-6-5-3-1;3*1-2-4-5-3-1;2*1-2-5-3-4-1;1-2-4-5-3-1;1-2-5-3-4-1;1-2-4-5-3-1;1-2-5-3-4-1;1-2-4-5-3-1;;;;;;;;;;;;;;;;;/h1-6H;1-6,9H;1-6H;1-5H,(H,8,9);1-4H;1-5H;5*1-4H;1-5H;2*1-4H;3*1-3H,(H,4,5);4*1-3H;17*1H4. The lowest BCUT2D eigenvalue weighted by Gasteiger charge is -1.90. The van der Waals surface area contributed by atoms with E-state index in [0.29, 0.717) is 0 Å². The Balaban J connectivity index is -0.000000131. The van der Waals surface area contributed by atoms with Crippen molar-refractivity contribution >= 4 is 121 Å². The molecule has 0 bridgehead atoms. The van der Waals surface area contributed by atoms with E-state index in [1.807, 2.05) is 180 Å². The summed E-state index contributed by atoms with van der Waals surface area (Å²) in [6.07, 6.45) is 66.7. The maximum Gasteiger partial charge on any atom is 0.180 e. The fourth-order valence-electron chi connectivity index (χ4n) is 8.05. The molecule has 0 saturated heterocycles. The van der Waals surface area contributed by atoms with Crippen molar-refractivity contribution in [1.29, 1.82) is 0 Å². The van der Waals surface area contributed by atoms with Crippen molar-refractivity contribution in [2.24, 2.45) is 0 Å². The first-order chi connectivity index (χ1) is 65.3. The van der Waals surface area contributed by atoms with Crippen molar-refractivity contribution in [1.82, 2.24) is 135 Å². The third-order valence-corrected chi connectivity index (χ3v) is 18.0. The lowest BCUT2D eigenvalue weighted by Crippen LogP contribution is -1.78. The maximum absolute atomic E-state index is 4.58. The predicted octanol–water partition coefficient (Wildman–Crippen LogP) is 34.4. The number of rotatable bonds is 0. The molecule has 26 aromatic rings. The van der Waals surface area contributed by atoms with Crippen LogP contribution in [0.4, 0.5) is 0 Å². The quantitative estimate of drug-likeness (QED) is 0.0821. The number of oxazole rings is 1. The molecule has 30 nitrogen and oxygen atoms in total. The van der Waals surface area contributed by atoms with Crippen molar-refractivity contribution in [3.05, 3.63) is 517 Å². The molecule has 6 N–H and O–H groups in total. The molecule has 0 saturated carbocycles. The number of fused-ring (bicyclic) bond motifs is 5. The number of aromatic nitrogens is 27. The van der Waals surface area contributed by atoms with E-state index >= 15 is 0 Å². The first-order valence-electron chi connectivity index (χ1n) is 38.7. The summed E-state index contributed by atoms with van der Waals surface area (Å²) in [5.41, 5.74) is 7.02. The van der Waals surface area contributed by atoms with Gasteiger partial charge in [-0.05, 0) is 195 Å². The number of nitrogens with zero attached hydrogens (tertiary/aromatic N) is 21. The number of imidazole rings is 3. The third-order valence-electron chi connectivity index (χ3n) is 13.5. The fourth-order valence-corrected chi connectivity index (χ4v) is 11.8. The molecule has 148 heavy (non-hydrogen) atoms. The smallest absolute Gasteiger partial charge is 0.180 e. The number of hydrogen-bond donors (Lipinski definition) is 6. The van der Waals surface area contributed by atoms with E-state index in [1.54, 1.807) is 279 Å². The van der Waals surface area contributed by atoms with Crippen LogP contribution in [0.2, 0.25) is 0 Å². The van der Waals surface area contributed by atoms with Gasteiger partial charge in [0.15, 0.2) is 6.39 Å². The lowest BCUT2D eigenvalue weighted by atomic mass is 10.3. The van der Waals surface area contributed by atoms with E-state index in [0.717, 1.165) is 22.1 Å². The van der Waals surface area contributed by atoms with Gasteiger partial charge in [0.05, 0.1) is 71.5 Å². The van der Waals surface area contributed by atoms with Gasteiger partial charge in [-0.3, -0.25) is 35.0 Å². The zero-order valence-corrected chi connectivity index (χ0v) is 75.0. The Morgan fingerprint density at radius 3 is 1.03 bits per heavy atom. The minimum Gasteiger partial charge on any atom is -0.473 e. The van der Waals surface area contributed by atoms with Crippen LogP contribution in [0.3, 0.4) is 0 Å². The van der Waals surface area contributed by atoms with Gasteiger partial charge in [-0.2, -0.15) is 26.6 Å². The van der Waals surface area contributed by atoms with E-state index in [4.69, 9.17) is 0 Å². The van der Waals surface area contributed by atoms with Crippen molar-refractivity contribution in [2.75, 3.05) is 0 Å². The molecule has 0 spiro atoms. The predicted molar refractivity (Wildman–Crippen MR) is 641 cm³/mol. The van der Waals surface area contributed by atoms with Gasteiger partial charge in [-0.25, -0.2) is 54.2 Å². The van der Waals surface area contributed by atoms with E-state index in [9.17, 15) is 0 Å². The van der Waals surface area contributed by atoms with Crippen LogP contribution in [0.15, 0.2) is 530 Å². The molecule has 26 rings (SSSR count). The van der Waals surface area contributed by atoms with Gasteiger partial charge < -0.3 is 38.3 Å². The van der Waals surface area contributed by atoms with Gasteiger partial charge in [0.1, 0.15) is 31.5 Å². The monoisotopic (exact) mass is 2120 g/mol. The Bertz CT molecular complexity index is 4970. The average Bonchev–Trinajstić information content (AvgIpc) is 1.62. The van der Waals surface area contributed by atoms with Gasteiger partial charge in [0.2, 0.25) is 0 Å². The van der Waals surface area contributed by atoms with Crippen molar-refractivity contribution in [3.63, 3.8) is 0 Å². The molecule has 0 radical (unpaired) electrons. The lowest BCUT2D eigenvalue weighted by molar-refractivity contribution is 0.420. The number of aromatic amines is 6. The minimum absolute atomic E-state index is 0. The minimum atomic E-state index is 0. The second-order valence-electron chi connectivity index (χ2n) is 22.6. The number of furan rings is 1. The van der Waals surface area contributed by atoms with Crippen LogP contribution < -0.4 is 0 Å². The normalized spacial score (nSPS) is 7.76. The molecule has 36 heteroatoms. The van der Waals surface area contributed by atoms with Crippen molar-refractivity contribution in [3.8, 4) is 0 Å². The Kier molecular flexibility index (Phi) is 127. The Morgan fingerprint density at radius 2 is 0.736 bits per heavy atom. The topological polar surface area (TPSA) is 405 Å². The highest BCUT2D eigenvalue weighted by Gasteiger charge is 1.93. The Hall–Kier alpha value is -17.0.